The van der Waals surface area contributed by atoms with Crippen LogP contribution in [-0.4, -0.2) is 12.6 Å². The molecular formula is C18H21F2N. The summed E-state index contributed by atoms with van der Waals surface area (Å²) in [6.07, 6.45) is 0.479. The van der Waals surface area contributed by atoms with Crippen LogP contribution < -0.4 is 5.32 Å². The maximum atomic E-state index is 13.9. The summed E-state index contributed by atoms with van der Waals surface area (Å²) in [5.74, 6) is -1.40. The van der Waals surface area contributed by atoms with E-state index in [1.54, 1.807) is 12.1 Å². The molecule has 2 aromatic rings. The van der Waals surface area contributed by atoms with Gasteiger partial charge in [0.25, 0.3) is 0 Å². The van der Waals surface area contributed by atoms with Crippen molar-refractivity contribution in [2.75, 3.05) is 6.54 Å². The Balaban J connectivity index is 2.21. The van der Waals surface area contributed by atoms with Gasteiger partial charge in [0.15, 0.2) is 11.6 Å². The summed E-state index contributed by atoms with van der Waals surface area (Å²) in [5, 5.41) is 3.38. The topological polar surface area (TPSA) is 12.0 Å². The zero-order chi connectivity index (χ0) is 15.2. The van der Waals surface area contributed by atoms with E-state index in [-0.39, 0.29) is 5.92 Å². The molecule has 0 bridgehead atoms. The van der Waals surface area contributed by atoms with Crippen LogP contribution in [0.5, 0.6) is 0 Å². The monoisotopic (exact) mass is 289 g/mol. The summed E-state index contributed by atoms with van der Waals surface area (Å²) in [4.78, 5) is 0. The van der Waals surface area contributed by atoms with E-state index < -0.39 is 11.6 Å². The third-order valence-corrected chi connectivity index (χ3v) is 3.54. The number of hydrogen-bond acceptors (Lipinski definition) is 1. The van der Waals surface area contributed by atoms with Crippen LogP contribution in [0.4, 0.5) is 8.78 Å². The van der Waals surface area contributed by atoms with E-state index in [1.807, 2.05) is 30.3 Å². The third kappa shape index (κ3) is 4.36. The molecule has 0 aliphatic carbocycles. The standard InChI is InChI=1S/C18H21F2N/c1-13(2)21-12-16(14-7-4-3-5-8-14)11-15-9-6-10-17(19)18(15)20/h3-10,13,16,21H,11-12H2,1-2H3. The van der Waals surface area contributed by atoms with Crippen molar-refractivity contribution in [1.29, 1.82) is 0 Å². The first-order valence-electron chi connectivity index (χ1n) is 7.29. The smallest absolute Gasteiger partial charge is 0.162 e. The largest absolute Gasteiger partial charge is 0.314 e. The van der Waals surface area contributed by atoms with E-state index in [9.17, 15) is 8.78 Å². The molecule has 0 spiro atoms. The Morgan fingerprint density at radius 3 is 2.33 bits per heavy atom. The quantitative estimate of drug-likeness (QED) is 0.836. The average molecular weight is 289 g/mol. The van der Waals surface area contributed by atoms with Gasteiger partial charge in [0, 0.05) is 18.5 Å². The van der Waals surface area contributed by atoms with E-state index in [2.05, 4.69) is 19.2 Å². The average Bonchev–Trinajstić information content (AvgIpc) is 2.48. The van der Waals surface area contributed by atoms with Crippen LogP contribution in [-0.2, 0) is 6.42 Å². The fourth-order valence-corrected chi connectivity index (χ4v) is 2.38. The Hall–Kier alpha value is -1.74. The molecule has 0 heterocycles. The van der Waals surface area contributed by atoms with Gasteiger partial charge in [0.2, 0.25) is 0 Å². The summed E-state index contributed by atoms with van der Waals surface area (Å²) in [5.41, 5.74) is 1.56. The van der Waals surface area contributed by atoms with Crippen LogP contribution in [0.2, 0.25) is 0 Å². The van der Waals surface area contributed by atoms with Crippen molar-refractivity contribution in [1.82, 2.24) is 5.32 Å². The second-order valence-electron chi connectivity index (χ2n) is 5.59. The summed E-state index contributed by atoms with van der Waals surface area (Å²) in [6.45, 7) is 4.88. The highest BCUT2D eigenvalue weighted by atomic mass is 19.2. The van der Waals surface area contributed by atoms with E-state index in [0.29, 0.717) is 18.0 Å². The van der Waals surface area contributed by atoms with Crippen LogP contribution >= 0.6 is 0 Å². The molecule has 0 amide bonds. The Morgan fingerprint density at radius 2 is 1.67 bits per heavy atom. The lowest BCUT2D eigenvalue weighted by Crippen LogP contribution is -2.29. The maximum Gasteiger partial charge on any atom is 0.162 e. The van der Waals surface area contributed by atoms with E-state index in [1.165, 1.54) is 0 Å². The van der Waals surface area contributed by atoms with Gasteiger partial charge >= 0.3 is 0 Å². The van der Waals surface area contributed by atoms with Crippen molar-refractivity contribution in [3.63, 3.8) is 0 Å². The lowest BCUT2D eigenvalue weighted by atomic mass is 9.91. The molecule has 112 valence electrons. The highest BCUT2D eigenvalue weighted by Gasteiger charge is 2.16. The van der Waals surface area contributed by atoms with Gasteiger partial charge in [-0.2, -0.15) is 0 Å². The molecule has 1 nitrogen and oxygen atoms in total. The number of nitrogens with one attached hydrogen (secondary N) is 1. The van der Waals surface area contributed by atoms with Crippen LogP contribution in [0.3, 0.4) is 0 Å². The second kappa shape index (κ2) is 7.32. The molecule has 2 aromatic carbocycles. The lowest BCUT2D eigenvalue weighted by molar-refractivity contribution is 0.483. The van der Waals surface area contributed by atoms with Crippen molar-refractivity contribution >= 4 is 0 Å². The zero-order valence-corrected chi connectivity index (χ0v) is 12.4. The predicted octanol–water partition coefficient (Wildman–Crippen LogP) is 4.29. The van der Waals surface area contributed by atoms with Crippen molar-refractivity contribution in [3.05, 3.63) is 71.3 Å². The fourth-order valence-electron chi connectivity index (χ4n) is 2.38. The summed E-state index contributed by atoms with van der Waals surface area (Å²) >= 11 is 0. The molecule has 1 atom stereocenters. The van der Waals surface area contributed by atoms with Crippen molar-refractivity contribution in [3.8, 4) is 0 Å². The molecule has 0 fully saturated rings. The Morgan fingerprint density at radius 1 is 0.952 bits per heavy atom. The van der Waals surface area contributed by atoms with Gasteiger partial charge < -0.3 is 5.32 Å². The van der Waals surface area contributed by atoms with E-state index in [0.717, 1.165) is 18.2 Å². The number of halogens is 2. The molecule has 1 N–H and O–H groups in total. The van der Waals surface area contributed by atoms with Gasteiger partial charge in [-0.3, -0.25) is 0 Å². The number of rotatable bonds is 6. The van der Waals surface area contributed by atoms with Crippen molar-refractivity contribution in [2.24, 2.45) is 0 Å². The Kier molecular flexibility index (Phi) is 5.45. The SMILES string of the molecule is CC(C)NCC(Cc1cccc(F)c1F)c1ccccc1. The van der Waals surface area contributed by atoms with Crippen molar-refractivity contribution in [2.45, 2.75) is 32.2 Å². The molecule has 2 rings (SSSR count). The first kappa shape index (κ1) is 15.6. The number of hydrogen-bond donors (Lipinski definition) is 1. The first-order valence-corrected chi connectivity index (χ1v) is 7.29. The third-order valence-electron chi connectivity index (χ3n) is 3.54. The fraction of sp³-hybridized carbons (Fsp3) is 0.333. The minimum absolute atomic E-state index is 0.116. The van der Waals surface area contributed by atoms with E-state index >= 15 is 0 Å². The molecular weight excluding hydrogens is 268 g/mol. The predicted molar refractivity (Wildman–Crippen MR) is 82.4 cm³/mol. The second-order valence-corrected chi connectivity index (χ2v) is 5.59. The Bertz CT molecular complexity index is 567. The van der Waals surface area contributed by atoms with Gasteiger partial charge in [-0.15, -0.1) is 0 Å². The lowest BCUT2D eigenvalue weighted by Gasteiger charge is -2.20. The first-order chi connectivity index (χ1) is 10.1. The van der Waals surface area contributed by atoms with Crippen LogP contribution in [0.1, 0.15) is 30.9 Å². The summed E-state index contributed by atoms with van der Waals surface area (Å²) < 4.78 is 27.2. The highest BCUT2D eigenvalue weighted by Crippen LogP contribution is 2.23. The minimum atomic E-state index is -0.781. The summed E-state index contributed by atoms with van der Waals surface area (Å²) in [6, 6.07) is 14.7. The zero-order valence-electron chi connectivity index (χ0n) is 12.4. The van der Waals surface area contributed by atoms with Crippen LogP contribution in [0.25, 0.3) is 0 Å². The van der Waals surface area contributed by atoms with E-state index in [4.69, 9.17) is 0 Å². The molecule has 0 aliphatic rings. The van der Waals surface area contributed by atoms with Gasteiger partial charge in [-0.25, -0.2) is 8.78 Å². The van der Waals surface area contributed by atoms with Gasteiger partial charge in [0.1, 0.15) is 0 Å². The molecule has 3 heteroatoms. The molecule has 0 saturated heterocycles. The van der Waals surface area contributed by atoms with Gasteiger partial charge in [-0.05, 0) is 23.6 Å². The summed E-state index contributed by atoms with van der Waals surface area (Å²) in [7, 11) is 0. The molecule has 0 saturated carbocycles. The normalized spacial score (nSPS) is 12.6. The molecule has 0 radical (unpaired) electrons. The highest BCUT2D eigenvalue weighted by molar-refractivity contribution is 5.26. The van der Waals surface area contributed by atoms with Crippen LogP contribution in [0, 0.1) is 11.6 Å². The molecule has 0 aliphatic heterocycles. The Labute approximate surface area is 125 Å². The molecule has 21 heavy (non-hydrogen) atoms. The van der Waals surface area contributed by atoms with Gasteiger partial charge in [0.05, 0.1) is 0 Å². The molecule has 1 unspecified atom stereocenters. The van der Waals surface area contributed by atoms with Crippen LogP contribution in [0.15, 0.2) is 48.5 Å². The number of benzene rings is 2. The maximum absolute atomic E-state index is 13.9. The van der Waals surface area contributed by atoms with Gasteiger partial charge in [-0.1, -0.05) is 56.3 Å². The van der Waals surface area contributed by atoms with Crippen molar-refractivity contribution < 1.29 is 8.78 Å². The molecule has 0 aromatic heterocycles. The minimum Gasteiger partial charge on any atom is -0.314 e.